The van der Waals surface area contributed by atoms with E-state index in [-0.39, 0.29) is 24.4 Å². The fourth-order valence-corrected chi connectivity index (χ4v) is 2.93. The van der Waals surface area contributed by atoms with E-state index < -0.39 is 0 Å². The van der Waals surface area contributed by atoms with Crippen molar-refractivity contribution in [3.63, 3.8) is 0 Å². The van der Waals surface area contributed by atoms with Crippen LogP contribution in [-0.4, -0.2) is 34.8 Å². The first-order valence-corrected chi connectivity index (χ1v) is 8.00. The molecule has 1 atom stereocenters. The second-order valence-electron chi connectivity index (χ2n) is 6.51. The molecular formula is C16H29ClN4O. The number of carbonyl (C=O) groups excluding carboxylic acids is 1. The lowest BCUT2D eigenvalue weighted by Crippen LogP contribution is -2.46. The SMILES string of the molecule is Cc1nn(CC(C)C)c(C)c1CC(=O)NC1CCCNC1.Cl. The summed E-state index contributed by atoms with van der Waals surface area (Å²) in [6, 6.07) is 0.276. The Bertz CT molecular complexity index is 493. The highest BCUT2D eigenvalue weighted by atomic mass is 35.5. The molecule has 0 radical (unpaired) electrons. The van der Waals surface area contributed by atoms with Crippen molar-refractivity contribution in [2.45, 2.75) is 59.5 Å². The number of carbonyl (C=O) groups is 1. The Labute approximate surface area is 139 Å². The Morgan fingerprint density at radius 2 is 2.18 bits per heavy atom. The maximum Gasteiger partial charge on any atom is 0.224 e. The van der Waals surface area contributed by atoms with Crippen molar-refractivity contribution in [3.8, 4) is 0 Å². The van der Waals surface area contributed by atoms with E-state index in [1.807, 2.05) is 11.6 Å². The molecule has 0 saturated carbocycles. The number of nitrogens with zero attached hydrogens (tertiary/aromatic N) is 2. The second-order valence-corrected chi connectivity index (χ2v) is 6.51. The van der Waals surface area contributed by atoms with Gasteiger partial charge in [-0.2, -0.15) is 5.10 Å². The first-order valence-electron chi connectivity index (χ1n) is 8.00. The van der Waals surface area contributed by atoms with E-state index in [4.69, 9.17) is 0 Å². The third-order valence-corrected chi connectivity index (χ3v) is 4.07. The van der Waals surface area contributed by atoms with Crippen LogP contribution in [0.1, 0.15) is 43.6 Å². The van der Waals surface area contributed by atoms with Gasteiger partial charge >= 0.3 is 0 Å². The summed E-state index contributed by atoms with van der Waals surface area (Å²) in [6.45, 7) is 11.3. The summed E-state index contributed by atoms with van der Waals surface area (Å²) in [5.41, 5.74) is 3.18. The molecule has 1 fully saturated rings. The van der Waals surface area contributed by atoms with Crippen LogP contribution in [0.4, 0.5) is 0 Å². The monoisotopic (exact) mass is 328 g/mol. The molecule has 0 bridgehead atoms. The Morgan fingerprint density at radius 3 is 2.77 bits per heavy atom. The van der Waals surface area contributed by atoms with E-state index in [1.54, 1.807) is 0 Å². The van der Waals surface area contributed by atoms with Crippen molar-refractivity contribution in [2.24, 2.45) is 5.92 Å². The van der Waals surface area contributed by atoms with Crippen LogP contribution >= 0.6 is 12.4 Å². The fraction of sp³-hybridized carbons (Fsp3) is 0.750. The molecule has 1 unspecified atom stereocenters. The molecule has 1 amide bonds. The number of nitrogens with one attached hydrogen (secondary N) is 2. The highest BCUT2D eigenvalue weighted by Crippen LogP contribution is 2.15. The molecule has 2 rings (SSSR count). The summed E-state index contributed by atoms with van der Waals surface area (Å²) in [7, 11) is 0. The third kappa shape index (κ3) is 4.99. The Kier molecular flexibility index (Phi) is 7.36. The van der Waals surface area contributed by atoms with Gasteiger partial charge in [-0.15, -0.1) is 12.4 Å². The summed E-state index contributed by atoms with van der Waals surface area (Å²) in [5, 5.41) is 11.0. The summed E-state index contributed by atoms with van der Waals surface area (Å²) in [4.78, 5) is 12.2. The van der Waals surface area contributed by atoms with Gasteiger partial charge in [0.2, 0.25) is 5.91 Å². The summed E-state index contributed by atoms with van der Waals surface area (Å²) in [5.74, 6) is 0.664. The summed E-state index contributed by atoms with van der Waals surface area (Å²) >= 11 is 0. The standard InChI is InChI=1S/C16H28N4O.ClH/c1-11(2)10-20-13(4)15(12(3)19-20)8-16(21)18-14-6-5-7-17-9-14;/h11,14,17H,5-10H2,1-4H3,(H,18,21);1H. The third-order valence-electron chi connectivity index (χ3n) is 4.07. The molecule has 1 aromatic rings. The van der Waals surface area contributed by atoms with Gasteiger partial charge in [0.25, 0.3) is 0 Å². The number of halogens is 1. The molecule has 6 heteroatoms. The van der Waals surface area contributed by atoms with E-state index in [1.165, 1.54) is 0 Å². The largest absolute Gasteiger partial charge is 0.352 e. The minimum absolute atomic E-state index is 0. The predicted octanol–water partition coefficient (Wildman–Crippen LogP) is 1.99. The Morgan fingerprint density at radius 1 is 1.45 bits per heavy atom. The predicted molar refractivity (Wildman–Crippen MR) is 91.5 cm³/mol. The lowest BCUT2D eigenvalue weighted by molar-refractivity contribution is -0.121. The van der Waals surface area contributed by atoms with Crippen LogP contribution in [0.15, 0.2) is 0 Å². The van der Waals surface area contributed by atoms with Crippen LogP contribution in [0.3, 0.4) is 0 Å². The van der Waals surface area contributed by atoms with E-state index in [0.717, 1.165) is 49.4 Å². The zero-order valence-electron chi connectivity index (χ0n) is 14.1. The molecule has 0 aromatic carbocycles. The Balaban J connectivity index is 0.00000242. The molecule has 1 aliphatic rings. The van der Waals surface area contributed by atoms with Gasteiger partial charge < -0.3 is 10.6 Å². The normalized spacial score (nSPS) is 18.1. The zero-order chi connectivity index (χ0) is 15.4. The number of hydrogen-bond donors (Lipinski definition) is 2. The van der Waals surface area contributed by atoms with Crippen LogP contribution in [0.5, 0.6) is 0 Å². The number of rotatable bonds is 5. The first-order chi connectivity index (χ1) is 9.97. The van der Waals surface area contributed by atoms with E-state index >= 15 is 0 Å². The molecule has 0 aliphatic carbocycles. The number of piperidine rings is 1. The smallest absolute Gasteiger partial charge is 0.224 e. The molecule has 1 aromatic heterocycles. The van der Waals surface area contributed by atoms with Crippen molar-refractivity contribution in [1.29, 1.82) is 0 Å². The van der Waals surface area contributed by atoms with Crippen LogP contribution in [0.25, 0.3) is 0 Å². The van der Waals surface area contributed by atoms with E-state index in [2.05, 4.69) is 36.5 Å². The molecule has 2 N–H and O–H groups in total. The average molecular weight is 329 g/mol. The number of aryl methyl sites for hydroxylation is 1. The van der Waals surface area contributed by atoms with Gasteiger partial charge in [-0.1, -0.05) is 13.8 Å². The maximum atomic E-state index is 12.2. The highest BCUT2D eigenvalue weighted by Gasteiger charge is 2.19. The quantitative estimate of drug-likeness (QED) is 0.869. The molecule has 0 spiro atoms. The van der Waals surface area contributed by atoms with Gasteiger partial charge in [0.05, 0.1) is 12.1 Å². The van der Waals surface area contributed by atoms with Crippen molar-refractivity contribution < 1.29 is 4.79 Å². The highest BCUT2D eigenvalue weighted by molar-refractivity contribution is 5.85. The van der Waals surface area contributed by atoms with Gasteiger partial charge in [0.1, 0.15) is 0 Å². The van der Waals surface area contributed by atoms with E-state index in [0.29, 0.717) is 12.3 Å². The van der Waals surface area contributed by atoms with Gasteiger partial charge in [-0.3, -0.25) is 9.48 Å². The fourth-order valence-electron chi connectivity index (χ4n) is 2.93. The minimum Gasteiger partial charge on any atom is -0.352 e. The topological polar surface area (TPSA) is 59.0 Å². The van der Waals surface area contributed by atoms with Gasteiger partial charge in [-0.05, 0) is 39.2 Å². The summed E-state index contributed by atoms with van der Waals surface area (Å²) in [6.07, 6.45) is 2.64. The number of aromatic nitrogens is 2. The van der Waals surface area contributed by atoms with Crippen LogP contribution < -0.4 is 10.6 Å². The lowest BCUT2D eigenvalue weighted by Gasteiger charge is -2.23. The molecule has 5 nitrogen and oxygen atoms in total. The molecule has 1 saturated heterocycles. The molecule has 126 valence electrons. The van der Waals surface area contributed by atoms with Gasteiger partial charge in [0.15, 0.2) is 0 Å². The first kappa shape index (κ1) is 19.0. The molecule has 22 heavy (non-hydrogen) atoms. The van der Waals surface area contributed by atoms with Crippen molar-refractivity contribution in [1.82, 2.24) is 20.4 Å². The maximum absolute atomic E-state index is 12.2. The Hall–Kier alpha value is -1.07. The van der Waals surface area contributed by atoms with Gasteiger partial charge in [0, 0.05) is 30.4 Å². The van der Waals surface area contributed by atoms with Crippen molar-refractivity contribution in [2.75, 3.05) is 13.1 Å². The number of hydrogen-bond acceptors (Lipinski definition) is 3. The molecule has 1 aliphatic heterocycles. The molecule has 2 heterocycles. The molecular weight excluding hydrogens is 300 g/mol. The lowest BCUT2D eigenvalue weighted by atomic mass is 10.1. The van der Waals surface area contributed by atoms with Crippen molar-refractivity contribution >= 4 is 18.3 Å². The van der Waals surface area contributed by atoms with Crippen molar-refractivity contribution in [3.05, 3.63) is 17.0 Å². The second kappa shape index (κ2) is 8.53. The average Bonchev–Trinajstić information content (AvgIpc) is 2.67. The van der Waals surface area contributed by atoms with Crippen LogP contribution in [-0.2, 0) is 17.8 Å². The van der Waals surface area contributed by atoms with Gasteiger partial charge in [-0.25, -0.2) is 0 Å². The zero-order valence-corrected chi connectivity index (χ0v) is 14.9. The minimum atomic E-state index is 0. The summed E-state index contributed by atoms with van der Waals surface area (Å²) < 4.78 is 2.03. The van der Waals surface area contributed by atoms with Crippen LogP contribution in [0.2, 0.25) is 0 Å². The van der Waals surface area contributed by atoms with E-state index in [9.17, 15) is 4.79 Å². The number of amides is 1. The van der Waals surface area contributed by atoms with Crippen LogP contribution in [0, 0.1) is 19.8 Å².